The molecular formula is C67H49N3. The van der Waals surface area contributed by atoms with E-state index in [9.17, 15) is 5.48 Å². The Morgan fingerprint density at radius 1 is 0.343 bits per heavy atom. The Bertz CT molecular complexity index is 4120. The zero-order valence-corrected chi connectivity index (χ0v) is 38.9. The van der Waals surface area contributed by atoms with Gasteiger partial charge in [0.1, 0.15) is 0 Å². The summed E-state index contributed by atoms with van der Waals surface area (Å²) in [6.07, 6.45) is 0. The summed E-state index contributed by atoms with van der Waals surface area (Å²) in [6, 6.07) is 81.1. The number of hydrogen-bond donors (Lipinski definition) is 0. The van der Waals surface area contributed by atoms with Crippen LogP contribution in [0.4, 0.5) is 34.1 Å². The maximum absolute atomic E-state index is 9.86. The molecule has 1 aliphatic carbocycles. The van der Waals surface area contributed by atoms with Gasteiger partial charge in [-0.15, -0.1) is 0 Å². The quantitative estimate of drug-likeness (QED) is 0.143. The molecule has 1 aromatic heterocycles. The minimum absolute atomic E-state index is 0.110. The lowest BCUT2D eigenvalue weighted by Gasteiger charge is -2.28. The van der Waals surface area contributed by atoms with Gasteiger partial charge in [-0.3, -0.25) is 0 Å². The number of fused-ring (bicyclic) bond motifs is 7. The number of rotatable bonds is 9. The lowest BCUT2D eigenvalue weighted by Crippen LogP contribution is -2.16. The Morgan fingerprint density at radius 2 is 0.900 bits per heavy atom. The lowest BCUT2D eigenvalue weighted by molar-refractivity contribution is 0.660. The zero-order chi connectivity index (χ0) is 50.2. The van der Waals surface area contributed by atoms with Gasteiger partial charge in [0.15, 0.2) is 0 Å². The van der Waals surface area contributed by atoms with E-state index in [1.165, 1.54) is 16.5 Å². The molecule has 13 rings (SSSR count). The van der Waals surface area contributed by atoms with E-state index in [0.29, 0.717) is 5.56 Å². The Hall–Kier alpha value is -8.92. The third-order valence-corrected chi connectivity index (χ3v) is 14.2. The van der Waals surface area contributed by atoms with Gasteiger partial charge in [-0.05, 0) is 135 Å². The third-order valence-electron chi connectivity index (χ3n) is 14.2. The van der Waals surface area contributed by atoms with Gasteiger partial charge < -0.3 is 14.4 Å². The fraction of sp³-hybridized carbons (Fsp3) is 0.0448. The molecule has 0 N–H and O–H groups in total. The van der Waals surface area contributed by atoms with Crippen molar-refractivity contribution in [1.82, 2.24) is 4.57 Å². The summed E-state index contributed by atoms with van der Waals surface area (Å²) < 4.78 is 41.8. The Kier molecular flexibility index (Phi) is 8.85. The van der Waals surface area contributed by atoms with E-state index in [1.807, 2.05) is 77.7 Å². The van der Waals surface area contributed by atoms with Crippen LogP contribution in [0.1, 0.15) is 30.5 Å². The van der Waals surface area contributed by atoms with E-state index in [4.69, 9.17) is 0 Å². The minimum atomic E-state index is -0.285. The predicted octanol–water partition coefficient (Wildman–Crippen LogP) is 18.5. The van der Waals surface area contributed by atoms with Crippen LogP contribution in [0.15, 0.2) is 261 Å². The van der Waals surface area contributed by atoms with E-state index in [-0.39, 0.29) is 40.8 Å². The van der Waals surface area contributed by atoms with Gasteiger partial charge in [-0.2, -0.15) is 0 Å². The molecule has 0 bridgehead atoms. The summed E-state index contributed by atoms with van der Waals surface area (Å²) >= 11 is 0. The van der Waals surface area contributed by atoms with Crippen LogP contribution in [0.25, 0.3) is 71.6 Å². The van der Waals surface area contributed by atoms with Crippen molar-refractivity contribution < 1.29 is 5.48 Å². The number of aromatic nitrogens is 1. The first kappa shape index (κ1) is 37.1. The highest BCUT2D eigenvalue weighted by Crippen LogP contribution is 2.51. The number of para-hydroxylation sites is 3. The normalized spacial score (nSPS) is 13.3. The first-order chi connectivity index (χ1) is 36.2. The van der Waals surface area contributed by atoms with Crippen molar-refractivity contribution in [1.29, 1.82) is 0 Å². The monoisotopic (exact) mass is 899 g/mol. The van der Waals surface area contributed by atoms with Crippen LogP contribution in [0.3, 0.4) is 0 Å². The Labute approximate surface area is 415 Å². The number of nitrogens with zero attached hydrogens (tertiary/aromatic N) is 3. The number of benzene rings is 11. The van der Waals surface area contributed by atoms with Gasteiger partial charge in [0, 0.05) is 55.7 Å². The molecule has 0 aliphatic heterocycles. The minimum Gasteiger partial charge on any atom is -0.310 e. The predicted molar refractivity (Wildman–Crippen MR) is 296 cm³/mol. The molecule has 11 aromatic carbocycles. The van der Waals surface area contributed by atoms with Gasteiger partial charge >= 0.3 is 0 Å². The van der Waals surface area contributed by atoms with E-state index >= 15 is 0 Å². The fourth-order valence-electron chi connectivity index (χ4n) is 10.9. The van der Waals surface area contributed by atoms with Gasteiger partial charge in [0.2, 0.25) is 0 Å². The van der Waals surface area contributed by atoms with E-state index in [2.05, 4.69) is 187 Å². The first-order valence-corrected chi connectivity index (χ1v) is 23.9. The number of hydrogen-bond acceptors (Lipinski definition) is 2. The Balaban J connectivity index is 0.985. The highest BCUT2D eigenvalue weighted by atomic mass is 15.2. The molecule has 3 nitrogen and oxygen atoms in total. The van der Waals surface area contributed by atoms with Crippen molar-refractivity contribution >= 4 is 66.7 Å². The number of anilines is 6. The molecule has 3 heteroatoms. The molecule has 1 aliphatic rings. The van der Waals surface area contributed by atoms with Crippen molar-refractivity contribution in [2.75, 3.05) is 9.80 Å². The molecule has 0 amide bonds. The molecule has 0 fully saturated rings. The summed E-state index contributed by atoms with van der Waals surface area (Å²) in [7, 11) is 0. The fourth-order valence-corrected chi connectivity index (χ4v) is 10.9. The molecule has 70 heavy (non-hydrogen) atoms. The van der Waals surface area contributed by atoms with Gasteiger partial charge in [0.05, 0.1) is 22.2 Å². The van der Waals surface area contributed by atoms with Crippen LogP contribution < -0.4 is 9.80 Å². The SMILES string of the molecule is [2H]c1c([2H])c(N(c2ccccc2)c2ccc3c(c2)C(C)(C)c2ccccc2-3)c([2H])c([2H])c1-c1cccc2c(N(c3ccc(-c4ccccc4)cc3)c3ccc4c5ccccc5n(-c5ccccc5)c4c3)cccc12. The molecule has 332 valence electrons. The third kappa shape index (κ3) is 6.81. The molecule has 1 heterocycles. The van der Waals surface area contributed by atoms with Gasteiger partial charge in [0.25, 0.3) is 0 Å². The molecule has 12 aromatic rings. The van der Waals surface area contributed by atoms with Crippen LogP contribution in [-0.2, 0) is 5.41 Å². The van der Waals surface area contributed by atoms with Crippen molar-refractivity contribution in [3.05, 3.63) is 272 Å². The largest absolute Gasteiger partial charge is 0.310 e. The van der Waals surface area contributed by atoms with Crippen LogP contribution in [0, 0.1) is 0 Å². The molecule has 0 radical (unpaired) electrons. The van der Waals surface area contributed by atoms with E-state index in [0.717, 1.165) is 83.6 Å². The highest BCUT2D eigenvalue weighted by molar-refractivity contribution is 6.11. The summed E-state index contributed by atoms with van der Waals surface area (Å²) in [5, 5.41) is 4.03. The lowest BCUT2D eigenvalue weighted by atomic mass is 9.82. The second-order valence-electron chi connectivity index (χ2n) is 18.6. The molecule has 0 unspecified atom stereocenters. The molecule has 0 atom stereocenters. The average Bonchev–Trinajstić information content (AvgIpc) is 3.90. The maximum Gasteiger partial charge on any atom is 0.0645 e. The molecule has 0 spiro atoms. The second kappa shape index (κ2) is 16.7. The van der Waals surface area contributed by atoms with Crippen LogP contribution >= 0.6 is 0 Å². The Morgan fingerprint density at radius 3 is 1.70 bits per heavy atom. The van der Waals surface area contributed by atoms with Gasteiger partial charge in [-0.25, -0.2) is 0 Å². The summed E-state index contributed by atoms with van der Waals surface area (Å²) in [5.74, 6) is 0. The smallest absolute Gasteiger partial charge is 0.0645 e. The summed E-state index contributed by atoms with van der Waals surface area (Å²) in [4.78, 5) is 4.18. The van der Waals surface area contributed by atoms with E-state index in [1.54, 1.807) is 0 Å². The average molecular weight is 900 g/mol. The van der Waals surface area contributed by atoms with Crippen molar-refractivity contribution in [2.24, 2.45) is 0 Å². The molecular weight excluding hydrogens is 847 g/mol. The first-order valence-electron chi connectivity index (χ1n) is 25.9. The maximum atomic E-state index is 9.86. The standard InChI is InChI=1S/C67H49N3/c1-67(2)62-29-14-12-24-57(62)58-42-40-53(44-63(58)67)68(49-20-8-4-9-21-49)51-38-34-48(35-39-51)55-26-16-28-59-56(55)27-17-31-64(59)69(52-36-32-47(33-37-52)46-18-6-3-7-19-46)54-41-43-61-60-25-13-15-30-65(60)70(66(61)45-54)50-22-10-5-11-23-50/h3-45H,1-2H3/i34D,35D,38D,39D. The van der Waals surface area contributed by atoms with Crippen LogP contribution in [0.2, 0.25) is 0 Å². The van der Waals surface area contributed by atoms with E-state index < -0.39 is 0 Å². The van der Waals surface area contributed by atoms with Crippen molar-refractivity contribution in [2.45, 2.75) is 19.3 Å². The highest BCUT2D eigenvalue weighted by Gasteiger charge is 2.35. The van der Waals surface area contributed by atoms with Crippen molar-refractivity contribution in [3.8, 4) is 39.1 Å². The summed E-state index contributed by atoms with van der Waals surface area (Å²) in [5.41, 5.74) is 15.4. The topological polar surface area (TPSA) is 11.4 Å². The molecule has 0 saturated carbocycles. The zero-order valence-electron chi connectivity index (χ0n) is 42.9. The van der Waals surface area contributed by atoms with Crippen molar-refractivity contribution in [3.63, 3.8) is 0 Å². The second-order valence-corrected chi connectivity index (χ2v) is 18.6. The summed E-state index contributed by atoms with van der Waals surface area (Å²) in [6.45, 7) is 4.47. The van der Waals surface area contributed by atoms with Crippen LogP contribution in [-0.4, -0.2) is 4.57 Å². The van der Waals surface area contributed by atoms with Crippen LogP contribution in [0.5, 0.6) is 0 Å². The molecule has 0 saturated heterocycles. The van der Waals surface area contributed by atoms with Gasteiger partial charge in [-0.1, -0.05) is 190 Å².